The lowest BCUT2D eigenvalue weighted by molar-refractivity contribution is 1.40. The summed E-state index contributed by atoms with van der Waals surface area (Å²) in [5.74, 6) is 0. The van der Waals surface area contributed by atoms with E-state index < -0.39 is 0 Å². The Morgan fingerprint density at radius 1 is 1.29 bits per heavy atom. The molecule has 0 unspecified atom stereocenters. The Kier molecular flexibility index (Phi) is 2.14. The van der Waals surface area contributed by atoms with Crippen LogP contribution < -0.4 is 11.1 Å². The molecule has 3 nitrogen and oxygen atoms in total. The standard InChI is InChI=1S/C11H13N3/c1-13-8-4-5-10(12)9(7-8)11-3-2-6-14-11/h2-7,13-14H,12H2,1H3. The zero-order valence-corrected chi connectivity index (χ0v) is 8.04. The van der Waals surface area contributed by atoms with Crippen molar-refractivity contribution < 1.29 is 0 Å². The van der Waals surface area contributed by atoms with Crippen molar-refractivity contribution in [3.8, 4) is 11.3 Å². The molecular weight excluding hydrogens is 174 g/mol. The summed E-state index contributed by atoms with van der Waals surface area (Å²) in [5, 5.41) is 3.09. The van der Waals surface area contributed by atoms with Gasteiger partial charge in [0.25, 0.3) is 0 Å². The van der Waals surface area contributed by atoms with Crippen LogP contribution in [0, 0.1) is 0 Å². The molecule has 14 heavy (non-hydrogen) atoms. The zero-order valence-electron chi connectivity index (χ0n) is 8.04. The van der Waals surface area contributed by atoms with E-state index in [1.807, 2.05) is 43.6 Å². The number of nitrogens with two attached hydrogens (primary N) is 1. The van der Waals surface area contributed by atoms with E-state index in [0.29, 0.717) is 0 Å². The molecule has 0 aliphatic rings. The highest BCUT2D eigenvalue weighted by molar-refractivity contribution is 5.77. The van der Waals surface area contributed by atoms with Crippen molar-refractivity contribution in [2.75, 3.05) is 18.1 Å². The van der Waals surface area contributed by atoms with Crippen molar-refractivity contribution >= 4 is 11.4 Å². The van der Waals surface area contributed by atoms with Crippen LogP contribution >= 0.6 is 0 Å². The van der Waals surface area contributed by atoms with Crippen LogP contribution in [0.5, 0.6) is 0 Å². The van der Waals surface area contributed by atoms with E-state index >= 15 is 0 Å². The van der Waals surface area contributed by atoms with Gasteiger partial charge in [0.2, 0.25) is 0 Å². The van der Waals surface area contributed by atoms with Crippen molar-refractivity contribution in [2.24, 2.45) is 0 Å². The molecule has 0 aliphatic heterocycles. The third kappa shape index (κ3) is 1.44. The first-order valence-electron chi connectivity index (χ1n) is 4.52. The number of rotatable bonds is 2. The molecule has 0 aliphatic carbocycles. The lowest BCUT2D eigenvalue weighted by Gasteiger charge is -2.06. The number of anilines is 2. The highest BCUT2D eigenvalue weighted by Gasteiger charge is 2.03. The smallest absolute Gasteiger partial charge is 0.0475 e. The van der Waals surface area contributed by atoms with E-state index in [9.17, 15) is 0 Å². The first kappa shape index (κ1) is 8.69. The van der Waals surface area contributed by atoms with Gasteiger partial charge in [-0.1, -0.05) is 0 Å². The Labute approximate surface area is 83.0 Å². The van der Waals surface area contributed by atoms with Gasteiger partial charge in [-0.25, -0.2) is 0 Å². The molecule has 1 heterocycles. The fraction of sp³-hybridized carbons (Fsp3) is 0.0909. The average Bonchev–Trinajstić information content (AvgIpc) is 2.71. The van der Waals surface area contributed by atoms with Crippen LogP contribution in [-0.4, -0.2) is 12.0 Å². The number of nitrogen functional groups attached to an aromatic ring is 1. The van der Waals surface area contributed by atoms with E-state index in [0.717, 1.165) is 22.6 Å². The van der Waals surface area contributed by atoms with Gasteiger partial charge in [-0.05, 0) is 30.3 Å². The molecule has 0 fully saturated rings. The summed E-state index contributed by atoms with van der Waals surface area (Å²) in [6, 6.07) is 9.86. The normalized spacial score (nSPS) is 10.1. The maximum atomic E-state index is 5.89. The molecule has 2 aromatic rings. The first-order chi connectivity index (χ1) is 6.81. The first-order valence-corrected chi connectivity index (χ1v) is 4.52. The zero-order chi connectivity index (χ0) is 9.97. The van der Waals surface area contributed by atoms with E-state index in [1.54, 1.807) is 0 Å². The summed E-state index contributed by atoms with van der Waals surface area (Å²) in [6.45, 7) is 0. The number of nitrogens with one attached hydrogen (secondary N) is 2. The molecule has 2 rings (SSSR count). The Hall–Kier alpha value is -1.90. The van der Waals surface area contributed by atoms with Crippen molar-refractivity contribution in [3.05, 3.63) is 36.5 Å². The second kappa shape index (κ2) is 3.46. The second-order valence-electron chi connectivity index (χ2n) is 3.14. The molecule has 0 saturated carbocycles. The van der Waals surface area contributed by atoms with Crippen molar-refractivity contribution in [3.63, 3.8) is 0 Å². The predicted octanol–water partition coefficient (Wildman–Crippen LogP) is 2.31. The SMILES string of the molecule is CNc1ccc(N)c(-c2ccc[nH]2)c1. The molecule has 1 aromatic heterocycles. The lowest BCUT2D eigenvalue weighted by atomic mass is 10.1. The van der Waals surface area contributed by atoms with Crippen LogP contribution in [0.15, 0.2) is 36.5 Å². The number of aromatic amines is 1. The summed E-state index contributed by atoms with van der Waals surface area (Å²) < 4.78 is 0. The Morgan fingerprint density at radius 2 is 2.14 bits per heavy atom. The van der Waals surface area contributed by atoms with Crippen molar-refractivity contribution in [1.29, 1.82) is 0 Å². The minimum Gasteiger partial charge on any atom is -0.398 e. The largest absolute Gasteiger partial charge is 0.398 e. The monoisotopic (exact) mass is 187 g/mol. The molecule has 0 saturated heterocycles. The van der Waals surface area contributed by atoms with Gasteiger partial charge in [-0.2, -0.15) is 0 Å². The number of aromatic nitrogens is 1. The van der Waals surface area contributed by atoms with Crippen LogP contribution in [0.25, 0.3) is 11.3 Å². The summed E-state index contributed by atoms with van der Waals surface area (Å²) in [4.78, 5) is 3.14. The highest BCUT2D eigenvalue weighted by atomic mass is 14.8. The second-order valence-corrected chi connectivity index (χ2v) is 3.14. The fourth-order valence-corrected chi connectivity index (χ4v) is 1.44. The molecule has 72 valence electrons. The molecule has 3 heteroatoms. The maximum Gasteiger partial charge on any atom is 0.0475 e. The topological polar surface area (TPSA) is 53.8 Å². The third-order valence-corrected chi connectivity index (χ3v) is 2.23. The van der Waals surface area contributed by atoms with Crippen LogP contribution in [0.3, 0.4) is 0 Å². The van der Waals surface area contributed by atoms with Gasteiger partial charge in [0, 0.05) is 35.9 Å². The average molecular weight is 187 g/mol. The van der Waals surface area contributed by atoms with Crippen LogP contribution in [0.4, 0.5) is 11.4 Å². The van der Waals surface area contributed by atoms with Crippen molar-refractivity contribution in [2.45, 2.75) is 0 Å². The molecule has 0 bridgehead atoms. The predicted molar refractivity (Wildman–Crippen MR) is 60.2 cm³/mol. The van der Waals surface area contributed by atoms with E-state index in [-0.39, 0.29) is 0 Å². The fourth-order valence-electron chi connectivity index (χ4n) is 1.44. The third-order valence-electron chi connectivity index (χ3n) is 2.23. The minimum atomic E-state index is 0.784. The number of hydrogen-bond acceptors (Lipinski definition) is 2. The van der Waals surface area contributed by atoms with Gasteiger partial charge in [-0.3, -0.25) is 0 Å². The molecule has 4 N–H and O–H groups in total. The van der Waals surface area contributed by atoms with Gasteiger partial charge in [-0.15, -0.1) is 0 Å². The van der Waals surface area contributed by atoms with Crippen molar-refractivity contribution in [1.82, 2.24) is 4.98 Å². The molecular formula is C11H13N3. The molecule has 0 radical (unpaired) electrons. The molecule has 0 spiro atoms. The highest BCUT2D eigenvalue weighted by Crippen LogP contribution is 2.27. The summed E-state index contributed by atoms with van der Waals surface area (Å²) in [5.41, 5.74) is 9.80. The quantitative estimate of drug-likeness (QED) is 0.632. The number of hydrogen-bond donors (Lipinski definition) is 3. The molecule has 0 atom stereocenters. The summed E-state index contributed by atoms with van der Waals surface area (Å²) in [6.07, 6.45) is 1.89. The van der Waals surface area contributed by atoms with E-state index in [4.69, 9.17) is 5.73 Å². The van der Waals surface area contributed by atoms with Gasteiger partial charge in [0.1, 0.15) is 0 Å². The van der Waals surface area contributed by atoms with Crippen LogP contribution in [0.2, 0.25) is 0 Å². The van der Waals surface area contributed by atoms with E-state index in [2.05, 4.69) is 10.3 Å². The molecule has 0 amide bonds. The minimum absolute atomic E-state index is 0.784. The lowest BCUT2D eigenvalue weighted by Crippen LogP contribution is -1.93. The Morgan fingerprint density at radius 3 is 2.79 bits per heavy atom. The van der Waals surface area contributed by atoms with Gasteiger partial charge < -0.3 is 16.0 Å². The van der Waals surface area contributed by atoms with Gasteiger partial charge >= 0.3 is 0 Å². The van der Waals surface area contributed by atoms with Gasteiger partial charge in [0.15, 0.2) is 0 Å². The molecule has 1 aromatic carbocycles. The van der Waals surface area contributed by atoms with Crippen LogP contribution in [0.1, 0.15) is 0 Å². The Balaban J connectivity index is 2.51. The Bertz CT molecular complexity index is 418. The van der Waals surface area contributed by atoms with Gasteiger partial charge in [0.05, 0.1) is 0 Å². The maximum absolute atomic E-state index is 5.89. The van der Waals surface area contributed by atoms with E-state index in [1.165, 1.54) is 0 Å². The summed E-state index contributed by atoms with van der Waals surface area (Å²) in [7, 11) is 1.89. The van der Waals surface area contributed by atoms with Crippen LogP contribution in [-0.2, 0) is 0 Å². The summed E-state index contributed by atoms with van der Waals surface area (Å²) >= 11 is 0. The number of benzene rings is 1. The number of H-pyrrole nitrogens is 1.